The number of primary sulfonamides is 1. The maximum absolute atomic E-state index is 11.6. The van der Waals surface area contributed by atoms with Gasteiger partial charge < -0.3 is 4.57 Å². The summed E-state index contributed by atoms with van der Waals surface area (Å²) in [5.74, 6) is 0. The van der Waals surface area contributed by atoms with Crippen molar-refractivity contribution in [3.63, 3.8) is 0 Å². The lowest BCUT2D eigenvalue weighted by Gasteiger charge is -2.12. The van der Waals surface area contributed by atoms with Crippen LogP contribution in [0.1, 0.15) is 24.7 Å². The highest BCUT2D eigenvalue weighted by Crippen LogP contribution is 2.37. The summed E-state index contributed by atoms with van der Waals surface area (Å²) in [6.07, 6.45) is 0. The molecule has 0 aliphatic rings. The predicted molar refractivity (Wildman–Crippen MR) is 104 cm³/mol. The number of aromatic nitrogens is 2. The van der Waals surface area contributed by atoms with Crippen LogP contribution in [0.4, 0.5) is 5.69 Å². The van der Waals surface area contributed by atoms with Crippen LogP contribution in [0.5, 0.6) is 0 Å². The summed E-state index contributed by atoms with van der Waals surface area (Å²) in [5, 5.41) is 16.8. The second kappa shape index (κ2) is 7.29. The Bertz CT molecular complexity index is 1130. The topological polar surface area (TPSA) is 121 Å². The Hall–Kier alpha value is -2.43. The molecule has 1 atom stereocenters. The third kappa shape index (κ3) is 3.97. The van der Waals surface area contributed by atoms with Gasteiger partial charge in [0.1, 0.15) is 0 Å². The lowest BCUT2D eigenvalue weighted by molar-refractivity contribution is -0.384. The van der Waals surface area contributed by atoms with Crippen molar-refractivity contribution in [3.8, 4) is 0 Å². The smallest absolute Gasteiger partial charge is 0.269 e. The van der Waals surface area contributed by atoms with E-state index in [1.165, 1.54) is 30.0 Å². The fourth-order valence-electron chi connectivity index (χ4n) is 2.78. The summed E-state index contributed by atoms with van der Waals surface area (Å²) in [6, 6.07) is 11.1. The Morgan fingerprint density at radius 1 is 1.30 bits per heavy atom. The van der Waals surface area contributed by atoms with E-state index < -0.39 is 14.9 Å². The molecule has 0 fully saturated rings. The van der Waals surface area contributed by atoms with Crippen LogP contribution in [0.25, 0.3) is 11.0 Å². The van der Waals surface area contributed by atoms with Gasteiger partial charge in [0.15, 0.2) is 5.16 Å². The number of sulfonamides is 1. The first kappa shape index (κ1) is 19.3. The Labute approximate surface area is 160 Å². The van der Waals surface area contributed by atoms with E-state index in [-0.39, 0.29) is 15.8 Å². The van der Waals surface area contributed by atoms with Gasteiger partial charge >= 0.3 is 0 Å². The zero-order valence-electron chi connectivity index (χ0n) is 14.7. The average Bonchev–Trinajstić information content (AvgIpc) is 2.97. The highest BCUT2D eigenvalue weighted by molar-refractivity contribution is 7.99. The number of thioether (sulfide) groups is 1. The number of nitrogens with two attached hydrogens (primary N) is 1. The molecule has 2 N–H and O–H groups in total. The Morgan fingerprint density at radius 3 is 2.67 bits per heavy atom. The first-order chi connectivity index (χ1) is 12.7. The van der Waals surface area contributed by atoms with Crippen molar-refractivity contribution in [3.05, 3.63) is 58.1 Å². The van der Waals surface area contributed by atoms with Gasteiger partial charge in [-0.15, -0.1) is 0 Å². The molecule has 27 heavy (non-hydrogen) atoms. The summed E-state index contributed by atoms with van der Waals surface area (Å²) < 4.78 is 25.1. The maximum Gasteiger partial charge on any atom is 0.269 e. The second-order valence-corrected chi connectivity index (χ2v) is 8.82. The van der Waals surface area contributed by atoms with Gasteiger partial charge in [-0.05, 0) is 37.6 Å². The molecule has 3 aromatic rings. The normalized spacial score (nSPS) is 13.0. The molecular formula is C17H18N4O4S2. The molecule has 0 radical (unpaired) electrons. The SMILES string of the molecule is CCn1c(S[C@H](C)c2cccc([N+](=O)[O-])c2)nc2cc(S(N)(=O)=O)ccc21. The molecule has 2 aromatic carbocycles. The largest absolute Gasteiger partial charge is 0.319 e. The molecule has 1 heterocycles. The Balaban J connectivity index is 1.98. The van der Waals surface area contributed by atoms with Crippen LogP contribution in [0.15, 0.2) is 52.5 Å². The van der Waals surface area contributed by atoms with Crippen LogP contribution in [0.2, 0.25) is 0 Å². The third-order valence-corrected chi connectivity index (χ3v) is 6.22. The van der Waals surface area contributed by atoms with E-state index in [0.29, 0.717) is 17.2 Å². The number of non-ortho nitro benzene ring substituents is 1. The molecule has 3 rings (SSSR count). The summed E-state index contributed by atoms with van der Waals surface area (Å²) in [5.41, 5.74) is 2.20. The van der Waals surface area contributed by atoms with Gasteiger partial charge in [-0.2, -0.15) is 0 Å². The third-order valence-electron chi connectivity index (χ3n) is 4.16. The van der Waals surface area contributed by atoms with Gasteiger partial charge in [0.2, 0.25) is 10.0 Å². The monoisotopic (exact) mass is 406 g/mol. The van der Waals surface area contributed by atoms with E-state index in [1.807, 2.05) is 24.5 Å². The fourth-order valence-corrected chi connectivity index (χ4v) is 4.42. The molecular weight excluding hydrogens is 388 g/mol. The number of nitro benzene ring substituents is 1. The quantitative estimate of drug-likeness (QED) is 0.380. The van der Waals surface area contributed by atoms with Crippen LogP contribution < -0.4 is 5.14 Å². The minimum Gasteiger partial charge on any atom is -0.319 e. The number of nitrogens with zero attached hydrogens (tertiary/aromatic N) is 3. The molecule has 0 saturated carbocycles. The standard InChI is InChI=1S/C17H18N4O4S2/c1-3-20-16-8-7-14(27(18,24)25)10-15(16)19-17(20)26-11(2)12-5-4-6-13(9-12)21(22)23/h4-11H,3H2,1-2H3,(H2,18,24,25)/t11-/m1/s1. The molecule has 1 aromatic heterocycles. The average molecular weight is 406 g/mol. The van der Waals surface area contributed by atoms with E-state index in [9.17, 15) is 18.5 Å². The summed E-state index contributed by atoms with van der Waals surface area (Å²) in [7, 11) is -3.80. The molecule has 142 valence electrons. The number of benzene rings is 2. The highest BCUT2D eigenvalue weighted by atomic mass is 32.2. The van der Waals surface area contributed by atoms with Crippen LogP contribution in [0.3, 0.4) is 0 Å². The van der Waals surface area contributed by atoms with Crippen molar-refractivity contribution >= 4 is 38.5 Å². The van der Waals surface area contributed by atoms with Crippen molar-refractivity contribution in [2.75, 3.05) is 0 Å². The summed E-state index contributed by atoms with van der Waals surface area (Å²) >= 11 is 1.46. The lowest BCUT2D eigenvalue weighted by Crippen LogP contribution is -2.11. The van der Waals surface area contributed by atoms with Crippen molar-refractivity contribution in [2.45, 2.75) is 35.7 Å². The van der Waals surface area contributed by atoms with E-state index in [4.69, 9.17) is 5.14 Å². The van der Waals surface area contributed by atoms with Crippen molar-refractivity contribution in [2.24, 2.45) is 5.14 Å². The summed E-state index contributed by atoms with van der Waals surface area (Å²) in [4.78, 5) is 15.1. The number of aryl methyl sites for hydroxylation is 1. The lowest BCUT2D eigenvalue weighted by atomic mass is 10.1. The molecule has 0 spiro atoms. The minimum absolute atomic E-state index is 0.0130. The highest BCUT2D eigenvalue weighted by Gasteiger charge is 2.18. The van der Waals surface area contributed by atoms with Gasteiger partial charge in [0.05, 0.1) is 20.9 Å². The zero-order chi connectivity index (χ0) is 19.8. The molecule has 0 bridgehead atoms. The van der Waals surface area contributed by atoms with Crippen LogP contribution in [-0.4, -0.2) is 22.9 Å². The first-order valence-electron chi connectivity index (χ1n) is 8.14. The number of rotatable bonds is 6. The van der Waals surface area contributed by atoms with Gasteiger partial charge in [-0.3, -0.25) is 10.1 Å². The minimum atomic E-state index is -3.80. The fraction of sp³-hybridized carbons (Fsp3) is 0.235. The molecule has 0 saturated heterocycles. The molecule has 8 nitrogen and oxygen atoms in total. The molecule has 0 amide bonds. The number of imidazole rings is 1. The molecule has 0 aliphatic heterocycles. The van der Waals surface area contributed by atoms with Crippen molar-refractivity contribution in [1.29, 1.82) is 0 Å². The van der Waals surface area contributed by atoms with E-state index in [1.54, 1.807) is 18.2 Å². The van der Waals surface area contributed by atoms with Crippen molar-refractivity contribution in [1.82, 2.24) is 9.55 Å². The number of hydrogen-bond acceptors (Lipinski definition) is 6. The maximum atomic E-state index is 11.6. The Kier molecular flexibility index (Phi) is 5.22. The summed E-state index contributed by atoms with van der Waals surface area (Å²) in [6.45, 7) is 4.56. The predicted octanol–water partition coefficient (Wildman–Crippen LogP) is 3.47. The van der Waals surface area contributed by atoms with Gasteiger partial charge in [0, 0.05) is 23.9 Å². The van der Waals surface area contributed by atoms with Crippen molar-refractivity contribution < 1.29 is 13.3 Å². The molecule has 0 unspecified atom stereocenters. The van der Waals surface area contributed by atoms with Gasteiger partial charge in [-0.1, -0.05) is 23.9 Å². The number of hydrogen-bond donors (Lipinski definition) is 1. The Morgan fingerprint density at radius 2 is 2.04 bits per heavy atom. The zero-order valence-corrected chi connectivity index (χ0v) is 16.3. The van der Waals surface area contributed by atoms with Gasteiger partial charge in [0.25, 0.3) is 5.69 Å². The molecule has 0 aliphatic carbocycles. The van der Waals surface area contributed by atoms with E-state index in [2.05, 4.69) is 4.98 Å². The number of fused-ring (bicyclic) bond motifs is 1. The van der Waals surface area contributed by atoms with E-state index in [0.717, 1.165) is 11.1 Å². The van der Waals surface area contributed by atoms with Crippen LogP contribution in [-0.2, 0) is 16.6 Å². The first-order valence-corrected chi connectivity index (χ1v) is 10.6. The second-order valence-electron chi connectivity index (χ2n) is 5.95. The number of nitro groups is 1. The van der Waals surface area contributed by atoms with Crippen LogP contribution >= 0.6 is 11.8 Å². The van der Waals surface area contributed by atoms with Crippen LogP contribution in [0, 0.1) is 10.1 Å². The van der Waals surface area contributed by atoms with E-state index >= 15 is 0 Å². The molecule has 10 heteroatoms. The van der Waals surface area contributed by atoms with Gasteiger partial charge in [-0.25, -0.2) is 18.5 Å².